The lowest BCUT2D eigenvalue weighted by atomic mass is 10.1. The molecule has 7 nitrogen and oxygen atoms in total. The van der Waals surface area contributed by atoms with E-state index in [0.717, 1.165) is 22.2 Å². The molecule has 0 spiro atoms. The Kier molecular flexibility index (Phi) is 3.82. The van der Waals surface area contributed by atoms with Crippen LogP contribution in [0.2, 0.25) is 0 Å². The number of non-ortho nitro benzene ring substituents is 1. The first-order valence-corrected chi connectivity index (χ1v) is 9.60. The fourth-order valence-corrected chi connectivity index (χ4v) is 4.32. The van der Waals surface area contributed by atoms with Crippen LogP contribution in [0.3, 0.4) is 0 Å². The van der Waals surface area contributed by atoms with E-state index >= 15 is 0 Å². The first kappa shape index (κ1) is 17.3. The number of nitro groups is 1. The van der Waals surface area contributed by atoms with E-state index in [0.29, 0.717) is 21.0 Å². The molecule has 5 rings (SSSR count). The molecule has 0 fully saturated rings. The van der Waals surface area contributed by atoms with Gasteiger partial charge in [0.1, 0.15) is 16.1 Å². The van der Waals surface area contributed by atoms with Gasteiger partial charge in [-0.25, -0.2) is 9.38 Å². The molecule has 29 heavy (non-hydrogen) atoms. The SMILES string of the molecule is Cc1cc([N+](=O)[O-])ccc1-c1ccc(/C=c2/sc3nc4ccccc4n3c2=O)o1. The molecular weight excluding hydrogens is 390 g/mol. The highest BCUT2D eigenvalue weighted by Gasteiger charge is 2.13. The molecule has 0 radical (unpaired) electrons. The maximum atomic E-state index is 12.8. The number of fused-ring (bicyclic) bond motifs is 3. The van der Waals surface area contributed by atoms with Crippen LogP contribution in [0.1, 0.15) is 11.3 Å². The summed E-state index contributed by atoms with van der Waals surface area (Å²) >= 11 is 1.31. The van der Waals surface area contributed by atoms with E-state index in [1.165, 1.54) is 23.5 Å². The Balaban J connectivity index is 1.58. The molecule has 0 amide bonds. The highest BCUT2D eigenvalue weighted by atomic mass is 32.1. The number of hydrogen-bond acceptors (Lipinski definition) is 6. The topological polar surface area (TPSA) is 90.6 Å². The van der Waals surface area contributed by atoms with Crippen molar-refractivity contribution < 1.29 is 9.34 Å². The minimum absolute atomic E-state index is 0.0368. The molecule has 0 atom stereocenters. The number of rotatable bonds is 3. The molecule has 2 aromatic carbocycles. The van der Waals surface area contributed by atoms with Gasteiger partial charge in [-0.3, -0.25) is 14.9 Å². The minimum Gasteiger partial charge on any atom is -0.457 e. The Morgan fingerprint density at radius 1 is 1.17 bits per heavy atom. The highest BCUT2D eigenvalue weighted by Crippen LogP contribution is 2.28. The van der Waals surface area contributed by atoms with Gasteiger partial charge in [0.2, 0.25) is 0 Å². The first-order valence-electron chi connectivity index (χ1n) is 8.78. The number of para-hydroxylation sites is 2. The fourth-order valence-electron chi connectivity index (χ4n) is 3.35. The average Bonchev–Trinajstić information content (AvgIpc) is 3.38. The predicted octanol–water partition coefficient (Wildman–Crippen LogP) is 3.93. The van der Waals surface area contributed by atoms with Gasteiger partial charge in [0.15, 0.2) is 4.96 Å². The van der Waals surface area contributed by atoms with Crippen molar-refractivity contribution in [2.75, 3.05) is 0 Å². The molecule has 0 saturated carbocycles. The van der Waals surface area contributed by atoms with Gasteiger partial charge in [0.05, 0.1) is 16.0 Å². The largest absolute Gasteiger partial charge is 0.457 e. The van der Waals surface area contributed by atoms with E-state index in [2.05, 4.69) is 4.98 Å². The summed E-state index contributed by atoms with van der Waals surface area (Å²) < 4.78 is 8.02. The van der Waals surface area contributed by atoms with Crippen LogP contribution in [0.25, 0.3) is 33.4 Å². The van der Waals surface area contributed by atoms with Crippen LogP contribution in [-0.2, 0) is 0 Å². The standard InChI is InChI=1S/C21H13N3O4S/c1-12-10-13(24(26)27)6-8-15(12)18-9-7-14(28-18)11-19-20(25)23-17-5-3-2-4-16(17)22-21(23)29-19/h2-11H,1H3/b19-11+. The third kappa shape index (κ3) is 2.81. The zero-order valence-corrected chi connectivity index (χ0v) is 16.0. The summed E-state index contributed by atoms with van der Waals surface area (Å²) in [5, 5.41) is 10.9. The number of aromatic nitrogens is 2. The monoisotopic (exact) mass is 403 g/mol. The average molecular weight is 403 g/mol. The summed E-state index contributed by atoms with van der Waals surface area (Å²) in [5.74, 6) is 1.12. The molecule has 142 valence electrons. The highest BCUT2D eigenvalue weighted by molar-refractivity contribution is 7.15. The lowest BCUT2D eigenvalue weighted by Crippen LogP contribution is -2.22. The summed E-state index contributed by atoms with van der Waals surface area (Å²) in [6, 6.07) is 15.7. The molecule has 3 aromatic heterocycles. The number of imidazole rings is 1. The van der Waals surface area contributed by atoms with Gasteiger partial charge in [-0.2, -0.15) is 0 Å². The van der Waals surface area contributed by atoms with E-state index in [1.807, 2.05) is 24.3 Å². The third-order valence-corrected chi connectivity index (χ3v) is 5.70. The summed E-state index contributed by atoms with van der Waals surface area (Å²) in [4.78, 5) is 28.5. The molecule has 0 aliphatic carbocycles. The molecule has 3 heterocycles. The van der Waals surface area contributed by atoms with Crippen molar-refractivity contribution in [3.05, 3.63) is 90.9 Å². The molecule has 0 aliphatic rings. The fraction of sp³-hybridized carbons (Fsp3) is 0.0476. The number of nitrogens with zero attached hydrogens (tertiary/aromatic N) is 3. The minimum atomic E-state index is -0.426. The van der Waals surface area contributed by atoms with E-state index in [4.69, 9.17) is 4.42 Å². The zero-order chi connectivity index (χ0) is 20.1. The van der Waals surface area contributed by atoms with E-state index in [1.54, 1.807) is 35.6 Å². The van der Waals surface area contributed by atoms with E-state index in [9.17, 15) is 14.9 Å². The Morgan fingerprint density at radius 3 is 2.79 bits per heavy atom. The second-order valence-corrected chi connectivity index (χ2v) is 7.60. The van der Waals surface area contributed by atoms with Gasteiger partial charge in [0.25, 0.3) is 11.2 Å². The Hall–Kier alpha value is -3.78. The molecule has 0 saturated heterocycles. The van der Waals surface area contributed by atoms with Crippen LogP contribution in [-0.4, -0.2) is 14.3 Å². The quantitative estimate of drug-likeness (QED) is 0.336. The van der Waals surface area contributed by atoms with E-state index < -0.39 is 4.92 Å². The third-order valence-electron chi connectivity index (χ3n) is 4.73. The predicted molar refractivity (Wildman–Crippen MR) is 111 cm³/mol. The summed E-state index contributed by atoms with van der Waals surface area (Å²) in [6.45, 7) is 1.80. The van der Waals surface area contributed by atoms with Gasteiger partial charge in [-0.1, -0.05) is 23.5 Å². The number of hydrogen-bond donors (Lipinski definition) is 0. The Bertz CT molecular complexity index is 1530. The maximum Gasteiger partial charge on any atom is 0.275 e. The lowest BCUT2D eigenvalue weighted by Gasteiger charge is -2.02. The van der Waals surface area contributed by atoms with Crippen molar-refractivity contribution in [2.24, 2.45) is 0 Å². The number of furan rings is 1. The number of aryl methyl sites for hydroxylation is 1. The second kappa shape index (κ2) is 6.39. The number of thiazole rings is 1. The Labute approximate surface area is 167 Å². The normalized spacial score (nSPS) is 12.2. The van der Waals surface area contributed by atoms with Gasteiger partial charge < -0.3 is 4.42 Å². The Morgan fingerprint density at radius 2 is 2.00 bits per heavy atom. The van der Waals surface area contributed by atoms with Crippen LogP contribution in [0.5, 0.6) is 0 Å². The zero-order valence-electron chi connectivity index (χ0n) is 15.2. The van der Waals surface area contributed by atoms with Crippen LogP contribution in [0.15, 0.2) is 63.8 Å². The molecule has 0 unspecified atom stereocenters. The van der Waals surface area contributed by atoms with Crippen molar-refractivity contribution in [2.45, 2.75) is 6.92 Å². The maximum absolute atomic E-state index is 12.8. The molecule has 0 bridgehead atoms. The van der Waals surface area contributed by atoms with Crippen molar-refractivity contribution in [3.63, 3.8) is 0 Å². The van der Waals surface area contributed by atoms with E-state index in [-0.39, 0.29) is 11.2 Å². The van der Waals surface area contributed by atoms with Gasteiger partial charge >= 0.3 is 0 Å². The van der Waals surface area contributed by atoms with Crippen molar-refractivity contribution in [1.82, 2.24) is 9.38 Å². The summed E-state index contributed by atoms with van der Waals surface area (Å²) in [7, 11) is 0. The van der Waals surface area contributed by atoms with Crippen LogP contribution >= 0.6 is 11.3 Å². The lowest BCUT2D eigenvalue weighted by molar-refractivity contribution is -0.384. The second-order valence-electron chi connectivity index (χ2n) is 6.59. The van der Waals surface area contributed by atoms with Crippen LogP contribution in [0, 0.1) is 17.0 Å². The summed E-state index contributed by atoms with van der Waals surface area (Å²) in [5.41, 5.74) is 2.98. The van der Waals surface area contributed by atoms with Gasteiger partial charge in [-0.15, -0.1) is 0 Å². The van der Waals surface area contributed by atoms with Crippen LogP contribution < -0.4 is 10.1 Å². The molecule has 0 aliphatic heterocycles. The molecule has 5 aromatic rings. The van der Waals surface area contributed by atoms with Crippen molar-refractivity contribution >= 4 is 39.1 Å². The first-order chi connectivity index (χ1) is 14.0. The summed E-state index contributed by atoms with van der Waals surface area (Å²) in [6.07, 6.45) is 1.70. The molecule has 0 N–H and O–H groups in total. The van der Waals surface area contributed by atoms with Crippen LogP contribution in [0.4, 0.5) is 5.69 Å². The molecule has 8 heteroatoms. The van der Waals surface area contributed by atoms with Crippen molar-refractivity contribution in [1.29, 1.82) is 0 Å². The van der Waals surface area contributed by atoms with Gasteiger partial charge in [-0.05, 0) is 42.8 Å². The number of nitro benzene ring substituents is 1. The van der Waals surface area contributed by atoms with Crippen molar-refractivity contribution in [3.8, 4) is 11.3 Å². The molecular formula is C21H13N3O4S. The smallest absolute Gasteiger partial charge is 0.275 e. The van der Waals surface area contributed by atoms with Gasteiger partial charge in [0, 0.05) is 23.8 Å². The number of benzene rings is 2.